The largest absolute Gasteiger partial charge is 0.390 e. The van der Waals surface area contributed by atoms with Crippen LogP contribution >= 0.6 is 0 Å². The number of fused-ring (bicyclic) bond motifs is 1. The molecule has 3 aromatic rings. The van der Waals surface area contributed by atoms with E-state index in [4.69, 9.17) is 8.92 Å². The van der Waals surface area contributed by atoms with Crippen LogP contribution < -0.4 is 5.32 Å². The van der Waals surface area contributed by atoms with Crippen LogP contribution in [0.1, 0.15) is 23.0 Å². The minimum absolute atomic E-state index is 0.193. The monoisotopic (exact) mass is 433 g/mol. The molecule has 1 aliphatic rings. The van der Waals surface area contributed by atoms with E-state index in [0.29, 0.717) is 16.7 Å². The number of anilines is 1. The third kappa shape index (κ3) is 4.31. The van der Waals surface area contributed by atoms with Gasteiger partial charge in [0.15, 0.2) is 17.0 Å². The third-order valence-electron chi connectivity index (χ3n) is 4.59. The molecule has 12 heteroatoms. The van der Waals surface area contributed by atoms with Crippen LogP contribution in [0.4, 0.5) is 5.82 Å². The van der Waals surface area contributed by atoms with Crippen molar-refractivity contribution in [2.75, 3.05) is 18.2 Å². The van der Waals surface area contributed by atoms with E-state index in [1.807, 2.05) is 6.07 Å². The van der Waals surface area contributed by atoms with Gasteiger partial charge in [0.1, 0.15) is 18.7 Å². The van der Waals surface area contributed by atoms with Gasteiger partial charge in [-0.25, -0.2) is 15.0 Å². The van der Waals surface area contributed by atoms with Gasteiger partial charge in [-0.2, -0.15) is 8.42 Å². The van der Waals surface area contributed by atoms with Gasteiger partial charge in [-0.3, -0.25) is 13.5 Å². The lowest BCUT2D eigenvalue weighted by molar-refractivity contribution is -0.0369. The van der Waals surface area contributed by atoms with Gasteiger partial charge in [-0.15, -0.1) is 0 Å². The summed E-state index contributed by atoms with van der Waals surface area (Å²) in [5.41, 5.74) is 1.23. The lowest BCUT2D eigenvalue weighted by Gasteiger charge is -2.15. The molecule has 0 unspecified atom stereocenters. The minimum atomic E-state index is -3.65. The zero-order chi connectivity index (χ0) is 21.3. The van der Waals surface area contributed by atoms with Crippen molar-refractivity contribution >= 4 is 33.0 Å². The number of carbonyl (C=O) groups is 1. The topological polar surface area (TPSA) is 146 Å². The number of rotatable bonds is 6. The first kappa shape index (κ1) is 20.3. The highest BCUT2D eigenvalue weighted by Crippen LogP contribution is 2.32. The van der Waals surface area contributed by atoms with Crippen LogP contribution in [-0.4, -0.2) is 64.0 Å². The van der Waals surface area contributed by atoms with Crippen molar-refractivity contribution in [1.82, 2.24) is 19.5 Å². The summed E-state index contributed by atoms with van der Waals surface area (Å²) in [7, 11) is -3.65. The molecular formula is C18H19N5O6S. The Morgan fingerprint density at radius 1 is 1.30 bits per heavy atom. The second kappa shape index (κ2) is 8.07. The number of nitrogens with zero attached hydrogens (tertiary/aromatic N) is 4. The van der Waals surface area contributed by atoms with Crippen molar-refractivity contribution in [2.45, 2.75) is 24.9 Å². The molecule has 4 rings (SSSR count). The van der Waals surface area contributed by atoms with Crippen molar-refractivity contribution in [1.29, 1.82) is 0 Å². The van der Waals surface area contributed by atoms with Crippen LogP contribution in [0.25, 0.3) is 11.2 Å². The fraction of sp³-hybridized carbons (Fsp3) is 0.333. The van der Waals surface area contributed by atoms with Gasteiger partial charge in [0.05, 0.1) is 25.3 Å². The van der Waals surface area contributed by atoms with Crippen molar-refractivity contribution in [2.24, 2.45) is 0 Å². The van der Waals surface area contributed by atoms with Crippen LogP contribution in [0.15, 0.2) is 43.0 Å². The van der Waals surface area contributed by atoms with Crippen LogP contribution in [0.3, 0.4) is 0 Å². The number of hydrogen-bond acceptors (Lipinski definition) is 9. The number of carbonyl (C=O) groups excluding carboxylic acids is 1. The third-order valence-corrected chi connectivity index (χ3v) is 5.15. The molecule has 0 radical (unpaired) electrons. The number of ether oxygens (including phenoxy) is 1. The molecule has 1 amide bonds. The number of nitrogens with one attached hydrogen (secondary N) is 1. The smallest absolute Gasteiger partial charge is 0.264 e. The summed E-state index contributed by atoms with van der Waals surface area (Å²) in [4.78, 5) is 25.0. The van der Waals surface area contributed by atoms with E-state index in [9.17, 15) is 18.3 Å². The number of imidazole rings is 1. The lowest BCUT2D eigenvalue weighted by atomic mass is 10.2. The second-order valence-corrected chi connectivity index (χ2v) is 8.43. The Bertz CT molecular complexity index is 1170. The van der Waals surface area contributed by atoms with E-state index >= 15 is 0 Å². The van der Waals surface area contributed by atoms with E-state index in [1.54, 1.807) is 28.8 Å². The van der Waals surface area contributed by atoms with Gasteiger partial charge in [-0.1, -0.05) is 18.2 Å². The first-order valence-corrected chi connectivity index (χ1v) is 10.9. The van der Waals surface area contributed by atoms with Crippen molar-refractivity contribution in [3.63, 3.8) is 0 Å². The van der Waals surface area contributed by atoms with Crippen LogP contribution in [0.5, 0.6) is 0 Å². The van der Waals surface area contributed by atoms with Gasteiger partial charge in [0.25, 0.3) is 16.0 Å². The standard InChI is InChI=1S/C18H19N5O6S/c1-30(26,27)28-8-13-12(24)7-14(29-13)23-10-21-15-16(19-9-20-17(15)23)22-18(25)11-5-3-2-4-6-11/h2-6,9-10,12-14,24H,7-8H2,1H3,(H,19,20,22,25)/t12-,13+,14+/m0/s1. The lowest BCUT2D eigenvalue weighted by Crippen LogP contribution is -2.27. The van der Waals surface area contributed by atoms with Crippen LogP contribution in [0.2, 0.25) is 0 Å². The molecule has 0 saturated carbocycles. The van der Waals surface area contributed by atoms with Crippen LogP contribution in [-0.2, 0) is 19.0 Å². The van der Waals surface area contributed by atoms with E-state index < -0.39 is 28.6 Å². The van der Waals surface area contributed by atoms with Crippen molar-refractivity contribution in [3.05, 3.63) is 48.5 Å². The highest BCUT2D eigenvalue weighted by atomic mass is 32.2. The van der Waals surface area contributed by atoms with Gasteiger partial charge in [-0.05, 0) is 12.1 Å². The van der Waals surface area contributed by atoms with Crippen LogP contribution in [0, 0.1) is 0 Å². The molecule has 0 aliphatic carbocycles. The molecule has 158 valence electrons. The van der Waals surface area contributed by atoms with Gasteiger partial charge in [0.2, 0.25) is 0 Å². The Balaban J connectivity index is 1.54. The maximum Gasteiger partial charge on any atom is 0.264 e. The first-order valence-electron chi connectivity index (χ1n) is 9.03. The van der Waals surface area contributed by atoms with Gasteiger partial charge >= 0.3 is 0 Å². The quantitative estimate of drug-likeness (QED) is 0.536. The molecule has 3 heterocycles. The average molecular weight is 433 g/mol. The fourth-order valence-electron chi connectivity index (χ4n) is 3.15. The molecular weight excluding hydrogens is 414 g/mol. The molecule has 0 bridgehead atoms. The Labute approximate surface area is 171 Å². The molecule has 1 saturated heterocycles. The normalized spacial score (nSPS) is 21.7. The molecule has 1 fully saturated rings. The summed E-state index contributed by atoms with van der Waals surface area (Å²) >= 11 is 0. The molecule has 30 heavy (non-hydrogen) atoms. The second-order valence-electron chi connectivity index (χ2n) is 6.79. The summed E-state index contributed by atoms with van der Waals surface area (Å²) in [6.07, 6.45) is 1.50. The molecule has 2 N–H and O–H groups in total. The SMILES string of the molecule is CS(=O)(=O)OC[C@H]1O[C@@H](n2cnc3c(NC(=O)c4ccccc4)ncnc32)C[C@@H]1O. The van der Waals surface area contributed by atoms with Gasteiger partial charge < -0.3 is 15.2 Å². The zero-order valence-corrected chi connectivity index (χ0v) is 16.7. The maximum absolute atomic E-state index is 12.4. The number of aliphatic hydroxyl groups excluding tert-OH is 1. The molecule has 11 nitrogen and oxygen atoms in total. The van der Waals surface area contributed by atoms with Crippen molar-refractivity contribution in [3.8, 4) is 0 Å². The summed E-state index contributed by atoms with van der Waals surface area (Å²) in [6, 6.07) is 8.68. The summed E-state index contributed by atoms with van der Waals surface area (Å²) in [6.45, 7) is -0.295. The predicted molar refractivity (Wildman–Crippen MR) is 105 cm³/mol. The highest BCUT2D eigenvalue weighted by molar-refractivity contribution is 7.85. The Morgan fingerprint density at radius 3 is 2.80 bits per heavy atom. The van der Waals surface area contributed by atoms with E-state index in [0.717, 1.165) is 6.26 Å². The highest BCUT2D eigenvalue weighted by Gasteiger charge is 2.36. The maximum atomic E-state index is 12.4. The summed E-state index contributed by atoms with van der Waals surface area (Å²) in [5, 5.41) is 12.9. The van der Waals surface area contributed by atoms with Crippen molar-refractivity contribution < 1.29 is 27.2 Å². The zero-order valence-electron chi connectivity index (χ0n) is 15.9. The molecule has 1 aliphatic heterocycles. The van der Waals surface area contributed by atoms with Gasteiger partial charge in [0, 0.05) is 12.0 Å². The van der Waals surface area contributed by atoms with E-state index in [-0.39, 0.29) is 24.8 Å². The number of hydrogen-bond donors (Lipinski definition) is 2. The Morgan fingerprint density at radius 2 is 2.07 bits per heavy atom. The molecule has 0 spiro atoms. The Hall–Kier alpha value is -2.93. The number of benzene rings is 1. The number of amides is 1. The first-order chi connectivity index (χ1) is 14.3. The average Bonchev–Trinajstić information content (AvgIpc) is 3.30. The molecule has 3 atom stereocenters. The van der Waals surface area contributed by atoms with E-state index in [2.05, 4.69) is 20.3 Å². The molecule has 2 aromatic heterocycles. The fourth-order valence-corrected chi connectivity index (χ4v) is 3.53. The number of aliphatic hydroxyl groups is 1. The molecule has 1 aromatic carbocycles. The predicted octanol–water partition coefficient (Wildman–Crippen LogP) is 0.703. The summed E-state index contributed by atoms with van der Waals surface area (Å²) in [5.74, 6) is -0.0983. The van der Waals surface area contributed by atoms with E-state index in [1.165, 1.54) is 12.7 Å². The Kier molecular flexibility index (Phi) is 5.47. The number of aromatic nitrogens is 4. The summed E-state index contributed by atoms with van der Waals surface area (Å²) < 4.78 is 34.4. The minimum Gasteiger partial charge on any atom is -0.390 e.